The zero-order chi connectivity index (χ0) is 15.1. The van der Waals surface area contributed by atoms with Crippen LogP contribution in [0.1, 0.15) is 12.8 Å². The predicted molar refractivity (Wildman–Crippen MR) is 73.2 cm³/mol. The van der Waals surface area contributed by atoms with Crippen molar-refractivity contribution in [3.05, 3.63) is 60.2 Å². The van der Waals surface area contributed by atoms with Gasteiger partial charge in [0.25, 0.3) is 0 Å². The molecule has 0 saturated carbocycles. The predicted octanol–water partition coefficient (Wildman–Crippen LogP) is 3.73. The van der Waals surface area contributed by atoms with Crippen LogP contribution in [-0.2, 0) is 4.79 Å². The number of carbonyl (C=O) groups excluding carboxylic acids is 1. The van der Waals surface area contributed by atoms with Crippen molar-refractivity contribution in [1.82, 2.24) is 0 Å². The van der Waals surface area contributed by atoms with E-state index in [9.17, 15) is 13.6 Å². The summed E-state index contributed by atoms with van der Waals surface area (Å²) in [6.45, 7) is 0.174. The van der Waals surface area contributed by atoms with Gasteiger partial charge in [-0.15, -0.1) is 0 Å². The van der Waals surface area contributed by atoms with Crippen LogP contribution in [-0.4, -0.2) is 12.6 Å². The van der Waals surface area contributed by atoms with Gasteiger partial charge in [0.2, 0.25) is 0 Å². The molecular weight excluding hydrogens is 278 g/mol. The minimum atomic E-state index is -0.589. The third-order valence-electron chi connectivity index (χ3n) is 2.68. The maximum absolute atomic E-state index is 13.3. The smallest absolute Gasteiger partial charge is 0.311 e. The lowest BCUT2D eigenvalue weighted by molar-refractivity contribution is -0.134. The van der Waals surface area contributed by atoms with E-state index in [2.05, 4.69) is 0 Å². The standard InChI is InChI=1S/C16H14F2O3/c17-12-6-1-3-8-14(12)20-11-5-10-16(19)21-15-9-4-2-7-13(15)18/h1-4,6-9H,5,10-11H2. The summed E-state index contributed by atoms with van der Waals surface area (Å²) in [5.74, 6) is -1.56. The summed E-state index contributed by atoms with van der Waals surface area (Å²) in [6, 6.07) is 11.7. The monoisotopic (exact) mass is 292 g/mol. The van der Waals surface area contributed by atoms with E-state index in [0.717, 1.165) is 0 Å². The second-order valence-electron chi connectivity index (χ2n) is 4.29. The van der Waals surface area contributed by atoms with Crippen LogP contribution in [0.3, 0.4) is 0 Å². The van der Waals surface area contributed by atoms with Crippen molar-refractivity contribution in [1.29, 1.82) is 0 Å². The van der Waals surface area contributed by atoms with Crippen molar-refractivity contribution in [3.8, 4) is 11.5 Å². The first kappa shape index (κ1) is 15.0. The van der Waals surface area contributed by atoms with Crippen LogP contribution in [0.15, 0.2) is 48.5 Å². The molecule has 0 N–H and O–H groups in total. The average Bonchev–Trinajstić information content (AvgIpc) is 2.48. The average molecular weight is 292 g/mol. The Kier molecular flexibility index (Phi) is 5.26. The molecule has 0 aliphatic heterocycles. The Hall–Kier alpha value is -2.43. The molecule has 0 spiro atoms. The largest absolute Gasteiger partial charge is 0.491 e. The molecule has 0 radical (unpaired) electrons. The number of hydrogen-bond donors (Lipinski definition) is 0. The van der Waals surface area contributed by atoms with Crippen molar-refractivity contribution >= 4 is 5.97 Å². The molecule has 0 atom stereocenters. The molecule has 2 rings (SSSR count). The van der Waals surface area contributed by atoms with Gasteiger partial charge in [0.05, 0.1) is 6.61 Å². The van der Waals surface area contributed by atoms with Gasteiger partial charge in [0.15, 0.2) is 23.1 Å². The topological polar surface area (TPSA) is 35.5 Å². The van der Waals surface area contributed by atoms with Crippen LogP contribution in [0.2, 0.25) is 0 Å². The van der Waals surface area contributed by atoms with E-state index < -0.39 is 17.6 Å². The number of rotatable bonds is 6. The number of halogens is 2. The van der Waals surface area contributed by atoms with Gasteiger partial charge in [-0.05, 0) is 30.7 Å². The summed E-state index contributed by atoms with van der Waals surface area (Å²) < 4.78 is 36.6. The fraction of sp³-hybridized carbons (Fsp3) is 0.188. The van der Waals surface area contributed by atoms with Gasteiger partial charge in [-0.25, -0.2) is 8.78 Å². The second kappa shape index (κ2) is 7.38. The molecule has 0 heterocycles. The molecule has 21 heavy (non-hydrogen) atoms. The summed E-state index contributed by atoms with van der Waals surface area (Å²) >= 11 is 0. The Morgan fingerprint density at radius 1 is 0.905 bits per heavy atom. The molecule has 2 aromatic carbocycles. The number of ether oxygens (including phenoxy) is 2. The minimum Gasteiger partial charge on any atom is -0.491 e. The van der Waals surface area contributed by atoms with Crippen LogP contribution >= 0.6 is 0 Å². The molecule has 3 nitrogen and oxygen atoms in total. The lowest BCUT2D eigenvalue weighted by Crippen LogP contribution is -2.11. The zero-order valence-corrected chi connectivity index (χ0v) is 11.2. The van der Waals surface area contributed by atoms with E-state index in [-0.39, 0.29) is 24.5 Å². The molecule has 110 valence electrons. The highest BCUT2D eigenvalue weighted by atomic mass is 19.1. The van der Waals surface area contributed by atoms with E-state index >= 15 is 0 Å². The lowest BCUT2D eigenvalue weighted by atomic mass is 10.3. The summed E-state index contributed by atoms with van der Waals surface area (Å²) in [5.41, 5.74) is 0. The van der Waals surface area contributed by atoms with Crippen molar-refractivity contribution in [3.63, 3.8) is 0 Å². The van der Waals surface area contributed by atoms with Gasteiger partial charge in [0.1, 0.15) is 0 Å². The van der Waals surface area contributed by atoms with Gasteiger partial charge >= 0.3 is 5.97 Å². The number of benzene rings is 2. The normalized spacial score (nSPS) is 10.2. The maximum Gasteiger partial charge on any atom is 0.311 e. The Morgan fingerprint density at radius 3 is 2.10 bits per heavy atom. The quantitative estimate of drug-likeness (QED) is 0.462. The van der Waals surface area contributed by atoms with Crippen LogP contribution in [0.4, 0.5) is 8.78 Å². The van der Waals surface area contributed by atoms with E-state index in [0.29, 0.717) is 6.42 Å². The highest BCUT2D eigenvalue weighted by Gasteiger charge is 2.09. The van der Waals surface area contributed by atoms with Crippen LogP contribution in [0.5, 0.6) is 11.5 Å². The van der Waals surface area contributed by atoms with E-state index in [1.54, 1.807) is 18.2 Å². The number of para-hydroxylation sites is 2. The number of hydrogen-bond acceptors (Lipinski definition) is 3. The summed E-state index contributed by atoms with van der Waals surface area (Å²) in [6.07, 6.45) is 0.407. The Balaban J connectivity index is 1.73. The molecule has 0 fully saturated rings. The van der Waals surface area contributed by atoms with Crippen LogP contribution in [0, 0.1) is 11.6 Å². The molecule has 0 aromatic heterocycles. The Bertz CT molecular complexity index is 614. The van der Waals surface area contributed by atoms with Gasteiger partial charge in [-0.3, -0.25) is 4.79 Å². The van der Waals surface area contributed by atoms with E-state index in [1.165, 1.54) is 30.3 Å². The molecule has 0 bridgehead atoms. The molecule has 5 heteroatoms. The number of esters is 1. The Labute approximate surface area is 121 Å². The third kappa shape index (κ3) is 4.56. The fourth-order valence-electron chi connectivity index (χ4n) is 1.66. The molecule has 2 aromatic rings. The second-order valence-corrected chi connectivity index (χ2v) is 4.29. The zero-order valence-electron chi connectivity index (χ0n) is 11.2. The first-order chi connectivity index (χ1) is 10.2. The van der Waals surface area contributed by atoms with Crippen molar-refractivity contribution in [2.45, 2.75) is 12.8 Å². The van der Waals surface area contributed by atoms with Gasteiger partial charge in [-0.2, -0.15) is 0 Å². The minimum absolute atomic E-state index is 0.0583. The molecule has 0 aliphatic rings. The van der Waals surface area contributed by atoms with Crippen LogP contribution < -0.4 is 9.47 Å². The van der Waals surface area contributed by atoms with Gasteiger partial charge in [-0.1, -0.05) is 24.3 Å². The summed E-state index contributed by atoms with van der Waals surface area (Å²) in [5, 5.41) is 0. The highest BCUT2D eigenvalue weighted by molar-refractivity contribution is 5.72. The first-order valence-corrected chi connectivity index (χ1v) is 6.49. The van der Waals surface area contributed by atoms with Crippen molar-refractivity contribution < 1.29 is 23.0 Å². The van der Waals surface area contributed by atoms with Gasteiger partial charge in [0, 0.05) is 6.42 Å². The first-order valence-electron chi connectivity index (χ1n) is 6.49. The maximum atomic E-state index is 13.3. The number of carbonyl (C=O) groups is 1. The van der Waals surface area contributed by atoms with Gasteiger partial charge < -0.3 is 9.47 Å². The Morgan fingerprint density at radius 2 is 1.48 bits per heavy atom. The van der Waals surface area contributed by atoms with E-state index in [1.807, 2.05) is 0 Å². The fourth-order valence-corrected chi connectivity index (χ4v) is 1.66. The summed E-state index contributed by atoms with van der Waals surface area (Å²) in [7, 11) is 0. The SMILES string of the molecule is O=C(CCCOc1ccccc1F)Oc1ccccc1F. The lowest BCUT2D eigenvalue weighted by Gasteiger charge is -2.07. The molecular formula is C16H14F2O3. The molecule has 0 saturated heterocycles. The third-order valence-corrected chi connectivity index (χ3v) is 2.68. The molecule has 0 aliphatic carbocycles. The summed E-state index contributed by atoms with van der Waals surface area (Å²) in [4.78, 5) is 11.5. The van der Waals surface area contributed by atoms with Crippen LogP contribution in [0.25, 0.3) is 0 Å². The highest BCUT2D eigenvalue weighted by Crippen LogP contribution is 2.17. The van der Waals surface area contributed by atoms with Crippen molar-refractivity contribution in [2.24, 2.45) is 0 Å². The van der Waals surface area contributed by atoms with Crippen molar-refractivity contribution in [2.75, 3.05) is 6.61 Å². The van der Waals surface area contributed by atoms with E-state index in [4.69, 9.17) is 9.47 Å². The molecule has 0 unspecified atom stereocenters. The molecule has 0 amide bonds.